The molecule has 0 amide bonds. The van der Waals surface area contributed by atoms with Gasteiger partial charge in [-0.15, -0.1) is 0 Å². The van der Waals surface area contributed by atoms with Crippen molar-refractivity contribution in [1.29, 1.82) is 0 Å². The van der Waals surface area contributed by atoms with E-state index in [9.17, 15) is 0 Å². The fourth-order valence-electron chi connectivity index (χ4n) is 8.60. The Morgan fingerprint density at radius 3 is 1.40 bits per heavy atom. The minimum atomic E-state index is 0.676. The zero-order chi connectivity index (χ0) is 37.9. The molecule has 0 unspecified atom stereocenters. The first-order valence-electron chi connectivity index (χ1n) is 19.4. The van der Waals surface area contributed by atoms with Gasteiger partial charge in [0.1, 0.15) is 0 Å². The summed E-state index contributed by atoms with van der Waals surface area (Å²) in [6.07, 6.45) is 0. The first-order chi connectivity index (χ1) is 28.2. The molecule has 0 aliphatic heterocycles. The van der Waals surface area contributed by atoms with Crippen molar-refractivity contribution in [2.75, 3.05) is 0 Å². The third-order valence-electron chi connectivity index (χ3n) is 11.2. The van der Waals surface area contributed by atoms with Gasteiger partial charge in [0.05, 0.1) is 44.8 Å². The predicted octanol–water partition coefficient (Wildman–Crippen LogP) is 13.6. The van der Waals surface area contributed by atoms with Gasteiger partial charge in [0.2, 0.25) is 0 Å². The van der Waals surface area contributed by atoms with Crippen LogP contribution in [0.2, 0.25) is 0 Å². The second kappa shape index (κ2) is 13.3. The molecule has 0 spiro atoms. The highest BCUT2D eigenvalue weighted by Gasteiger charge is 2.22. The SMILES string of the molecule is Cc1ccc2c(c1)c1ccccc1n2-c1ccc(-c2nc(-c3ccccc3)cc(-c3ccccc3)n2)cc1-c1ccccc1-n1c2ccccc2c2ccccc21. The highest BCUT2D eigenvalue weighted by Crippen LogP contribution is 2.42. The summed E-state index contributed by atoms with van der Waals surface area (Å²) in [5.74, 6) is 0.676. The third kappa shape index (κ3) is 5.45. The van der Waals surface area contributed by atoms with Crippen molar-refractivity contribution in [3.05, 3.63) is 206 Å². The predicted molar refractivity (Wildman–Crippen MR) is 237 cm³/mol. The summed E-state index contributed by atoms with van der Waals surface area (Å²) in [6.45, 7) is 2.17. The van der Waals surface area contributed by atoms with Crippen molar-refractivity contribution in [3.63, 3.8) is 0 Å². The Balaban J connectivity index is 1.23. The lowest BCUT2D eigenvalue weighted by atomic mass is 9.97. The maximum Gasteiger partial charge on any atom is 0.160 e. The van der Waals surface area contributed by atoms with Crippen LogP contribution in [0, 0.1) is 6.92 Å². The lowest BCUT2D eigenvalue weighted by Crippen LogP contribution is -2.02. The smallest absolute Gasteiger partial charge is 0.160 e. The fourth-order valence-corrected chi connectivity index (χ4v) is 8.60. The first-order valence-corrected chi connectivity index (χ1v) is 19.4. The Bertz CT molecular complexity index is 3190. The highest BCUT2D eigenvalue weighted by atomic mass is 15.0. The second-order valence-corrected chi connectivity index (χ2v) is 14.7. The molecule has 0 bridgehead atoms. The summed E-state index contributed by atoms with van der Waals surface area (Å²) in [6, 6.07) is 71.4. The minimum absolute atomic E-state index is 0.676. The van der Waals surface area contributed by atoms with Crippen molar-refractivity contribution < 1.29 is 0 Å². The van der Waals surface area contributed by atoms with E-state index in [0.29, 0.717) is 5.82 Å². The van der Waals surface area contributed by atoms with Crippen molar-refractivity contribution in [2.24, 2.45) is 0 Å². The van der Waals surface area contributed by atoms with Crippen LogP contribution in [0.3, 0.4) is 0 Å². The van der Waals surface area contributed by atoms with Crippen LogP contribution in [0.15, 0.2) is 200 Å². The Morgan fingerprint density at radius 1 is 0.333 bits per heavy atom. The molecule has 11 aromatic rings. The Kier molecular flexibility index (Phi) is 7.68. The maximum atomic E-state index is 5.27. The molecule has 11 rings (SSSR count). The number of para-hydroxylation sites is 4. The number of aromatic nitrogens is 4. The van der Waals surface area contributed by atoms with Gasteiger partial charge in [0.25, 0.3) is 0 Å². The van der Waals surface area contributed by atoms with Crippen LogP contribution in [0.5, 0.6) is 0 Å². The Hall–Kier alpha value is -7.56. The molecule has 8 aromatic carbocycles. The number of benzene rings is 8. The van der Waals surface area contributed by atoms with E-state index in [-0.39, 0.29) is 0 Å². The van der Waals surface area contributed by atoms with Crippen LogP contribution in [-0.4, -0.2) is 19.1 Å². The molecule has 4 heteroatoms. The highest BCUT2D eigenvalue weighted by molar-refractivity contribution is 6.11. The van der Waals surface area contributed by atoms with E-state index in [0.717, 1.165) is 56.1 Å². The fraction of sp³-hybridized carbons (Fsp3) is 0.0189. The van der Waals surface area contributed by atoms with Gasteiger partial charge in [-0.1, -0.05) is 145 Å². The largest absolute Gasteiger partial charge is 0.309 e. The van der Waals surface area contributed by atoms with Gasteiger partial charge in [0.15, 0.2) is 5.82 Å². The zero-order valence-corrected chi connectivity index (χ0v) is 31.3. The van der Waals surface area contributed by atoms with Crippen LogP contribution in [0.4, 0.5) is 0 Å². The summed E-state index contributed by atoms with van der Waals surface area (Å²) in [4.78, 5) is 10.5. The molecule has 0 N–H and O–H groups in total. The maximum absolute atomic E-state index is 5.27. The van der Waals surface area contributed by atoms with E-state index >= 15 is 0 Å². The van der Waals surface area contributed by atoms with Crippen LogP contribution >= 0.6 is 0 Å². The van der Waals surface area contributed by atoms with Gasteiger partial charge >= 0.3 is 0 Å². The third-order valence-corrected chi connectivity index (χ3v) is 11.2. The van der Waals surface area contributed by atoms with E-state index < -0.39 is 0 Å². The monoisotopic (exact) mass is 728 g/mol. The van der Waals surface area contributed by atoms with Gasteiger partial charge in [0, 0.05) is 49.4 Å². The van der Waals surface area contributed by atoms with E-state index in [1.807, 2.05) is 12.1 Å². The van der Waals surface area contributed by atoms with Crippen LogP contribution in [0.1, 0.15) is 5.56 Å². The first kappa shape index (κ1) is 32.8. The number of fused-ring (bicyclic) bond motifs is 6. The van der Waals surface area contributed by atoms with E-state index in [1.54, 1.807) is 0 Å². The topological polar surface area (TPSA) is 35.6 Å². The molecular weight excluding hydrogens is 693 g/mol. The summed E-state index contributed by atoms with van der Waals surface area (Å²) in [7, 11) is 0. The van der Waals surface area contributed by atoms with Crippen LogP contribution < -0.4 is 0 Å². The Morgan fingerprint density at radius 2 is 0.807 bits per heavy atom. The summed E-state index contributed by atoms with van der Waals surface area (Å²) in [5.41, 5.74) is 15.1. The van der Waals surface area contributed by atoms with Crippen molar-refractivity contribution in [3.8, 4) is 56.4 Å². The summed E-state index contributed by atoms with van der Waals surface area (Å²) < 4.78 is 4.86. The molecular formula is C53H36N4. The molecule has 4 nitrogen and oxygen atoms in total. The van der Waals surface area contributed by atoms with Crippen LogP contribution in [-0.2, 0) is 0 Å². The van der Waals surface area contributed by atoms with Crippen molar-refractivity contribution >= 4 is 43.6 Å². The van der Waals surface area contributed by atoms with Gasteiger partial charge in [-0.05, 0) is 67.6 Å². The van der Waals surface area contributed by atoms with E-state index in [4.69, 9.17) is 9.97 Å². The van der Waals surface area contributed by atoms with Gasteiger partial charge in [-0.3, -0.25) is 0 Å². The van der Waals surface area contributed by atoms with Gasteiger partial charge < -0.3 is 9.13 Å². The summed E-state index contributed by atoms with van der Waals surface area (Å²) >= 11 is 0. The summed E-state index contributed by atoms with van der Waals surface area (Å²) in [5, 5.41) is 4.93. The minimum Gasteiger partial charge on any atom is -0.309 e. The number of rotatable bonds is 6. The Labute approximate surface area is 330 Å². The van der Waals surface area contributed by atoms with Crippen molar-refractivity contribution in [1.82, 2.24) is 19.1 Å². The molecule has 3 heterocycles. The molecule has 57 heavy (non-hydrogen) atoms. The molecule has 0 aliphatic carbocycles. The van der Waals surface area contributed by atoms with Gasteiger partial charge in [-0.25, -0.2) is 9.97 Å². The number of nitrogens with zero attached hydrogens (tertiary/aromatic N) is 4. The molecule has 0 atom stereocenters. The number of hydrogen-bond donors (Lipinski definition) is 0. The lowest BCUT2D eigenvalue weighted by molar-refractivity contribution is 1.15. The lowest BCUT2D eigenvalue weighted by Gasteiger charge is -2.19. The standard InChI is InChI=1S/C53H36N4/c1-35-28-30-51-43(32-35)41-22-10-14-26-49(41)57(51)52-31-29-38(53-54-45(36-16-4-2-5-17-36)34-46(55-53)37-18-6-3-7-19-37)33-44(52)42-23-11-15-27-50(42)56-47-24-12-8-20-39(47)40-21-9-13-25-48(40)56/h2-34H,1H3. The second-order valence-electron chi connectivity index (χ2n) is 14.7. The average Bonchev–Trinajstić information content (AvgIpc) is 3.79. The molecule has 0 radical (unpaired) electrons. The van der Waals surface area contributed by atoms with Crippen LogP contribution in [0.25, 0.3) is 100 Å². The molecule has 0 saturated heterocycles. The quantitative estimate of drug-likeness (QED) is 0.171. The molecule has 0 saturated carbocycles. The molecule has 3 aromatic heterocycles. The average molecular weight is 729 g/mol. The van der Waals surface area contributed by atoms with Gasteiger partial charge in [-0.2, -0.15) is 0 Å². The van der Waals surface area contributed by atoms with E-state index in [2.05, 4.69) is 204 Å². The normalized spacial score (nSPS) is 11.6. The number of aryl methyl sites for hydroxylation is 1. The van der Waals surface area contributed by atoms with Crippen molar-refractivity contribution in [2.45, 2.75) is 6.92 Å². The molecule has 268 valence electrons. The molecule has 0 fully saturated rings. The van der Waals surface area contributed by atoms with E-state index in [1.165, 1.54) is 43.7 Å². The number of hydrogen-bond acceptors (Lipinski definition) is 2. The molecule has 0 aliphatic rings. The zero-order valence-electron chi connectivity index (χ0n) is 31.3.